The van der Waals surface area contributed by atoms with Crippen LogP contribution in [0.4, 0.5) is 0 Å². The van der Waals surface area contributed by atoms with Gasteiger partial charge in [-0.25, -0.2) is 4.98 Å². The van der Waals surface area contributed by atoms with Crippen molar-refractivity contribution >= 4 is 34.0 Å². The van der Waals surface area contributed by atoms with E-state index in [1.54, 1.807) is 6.07 Å². The van der Waals surface area contributed by atoms with E-state index in [2.05, 4.69) is 31.1 Å². The number of furan rings is 1. The minimum absolute atomic E-state index is 0.248. The van der Waals surface area contributed by atoms with Gasteiger partial charge in [-0.2, -0.15) is 0 Å². The monoisotopic (exact) mass is 379 g/mol. The van der Waals surface area contributed by atoms with Crippen LogP contribution in [0.25, 0.3) is 0 Å². The highest BCUT2D eigenvalue weighted by Gasteiger charge is 2.13. The Morgan fingerprint density at radius 3 is 2.91 bits per heavy atom. The molecule has 2 heterocycles. The number of benzene rings is 1. The average molecular weight is 380 g/mol. The number of carbonyl (C=O) groups is 1. The van der Waals surface area contributed by atoms with Crippen LogP contribution in [0, 0.1) is 0 Å². The lowest BCUT2D eigenvalue weighted by Gasteiger charge is -2.02. The Kier molecular flexibility index (Phi) is 4.59. The third-order valence-corrected chi connectivity index (χ3v) is 4.31. The molecule has 112 valence electrons. The summed E-state index contributed by atoms with van der Waals surface area (Å²) in [5.74, 6) is 1.61. The molecule has 0 atom stereocenters. The molecule has 3 rings (SSSR count). The molecule has 0 saturated carbocycles. The van der Waals surface area contributed by atoms with Gasteiger partial charge in [0.2, 0.25) is 5.16 Å². The molecule has 0 amide bonds. The lowest BCUT2D eigenvalue weighted by molar-refractivity contribution is 0.109. The second kappa shape index (κ2) is 6.80. The number of nitrogens with one attached hydrogen (secondary N) is 1. The Morgan fingerprint density at radius 1 is 1.36 bits per heavy atom. The van der Waals surface area contributed by atoms with E-state index in [0.717, 1.165) is 5.75 Å². The van der Waals surface area contributed by atoms with Crippen LogP contribution in [0.2, 0.25) is 0 Å². The minimum atomic E-state index is 0.248. The Balaban J connectivity index is 1.63. The number of halogens is 1. The van der Waals surface area contributed by atoms with Crippen molar-refractivity contribution in [3.63, 3.8) is 0 Å². The molecule has 0 spiro atoms. The molecule has 0 radical (unpaired) electrons. The van der Waals surface area contributed by atoms with E-state index in [1.165, 1.54) is 11.8 Å². The summed E-state index contributed by atoms with van der Waals surface area (Å²) in [7, 11) is 0. The van der Waals surface area contributed by atoms with Crippen LogP contribution >= 0.6 is 27.7 Å². The number of carbonyl (C=O) groups excluding carboxylic acids is 1. The molecule has 0 fully saturated rings. The average Bonchev–Trinajstić information content (AvgIpc) is 3.14. The van der Waals surface area contributed by atoms with Gasteiger partial charge in [-0.1, -0.05) is 18.2 Å². The SMILES string of the molecule is O=Cc1cc(Br)c(Sc2n[nH]c(COc3ccccc3)n2)o1. The van der Waals surface area contributed by atoms with Crippen LogP contribution in [0.15, 0.2) is 55.5 Å². The van der Waals surface area contributed by atoms with Crippen LogP contribution in [-0.4, -0.2) is 21.5 Å². The number of hydrogen-bond donors (Lipinski definition) is 1. The van der Waals surface area contributed by atoms with Gasteiger partial charge in [0.1, 0.15) is 12.4 Å². The highest BCUT2D eigenvalue weighted by molar-refractivity contribution is 9.10. The number of nitrogens with zero attached hydrogens (tertiary/aromatic N) is 2. The Labute approximate surface area is 138 Å². The van der Waals surface area contributed by atoms with E-state index in [0.29, 0.717) is 26.8 Å². The molecule has 0 unspecified atom stereocenters. The fraction of sp³-hybridized carbons (Fsp3) is 0.0714. The molecule has 3 aromatic rings. The number of H-pyrrole nitrogens is 1. The summed E-state index contributed by atoms with van der Waals surface area (Å²) in [6, 6.07) is 11.1. The lowest BCUT2D eigenvalue weighted by Crippen LogP contribution is -1.97. The van der Waals surface area contributed by atoms with Gasteiger partial charge in [0.15, 0.2) is 23.0 Å². The van der Waals surface area contributed by atoms with Crippen molar-refractivity contribution in [2.75, 3.05) is 0 Å². The highest BCUT2D eigenvalue weighted by atomic mass is 79.9. The van der Waals surface area contributed by atoms with Gasteiger partial charge in [-0.3, -0.25) is 9.89 Å². The summed E-state index contributed by atoms with van der Waals surface area (Å²) in [4.78, 5) is 15.0. The van der Waals surface area contributed by atoms with Crippen molar-refractivity contribution in [2.24, 2.45) is 0 Å². The van der Waals surface area contributed by atoms with E-state index in [9.17, 15) is 4.79 Å². The molecule has 1 N–H and O–H groups in total. The number of hydrogen-bond acceptors (Lipinski definition) is 6. The fourth-order valence-corrected chi connectivity index (χ4v) is 2.89. The third-order valence-electron chi connectivity index (χ3n) is 2.60. The van der Waals surface area contributed by atoms with Crippen LogP contribution < -0.4 is 4.74 Å². The molecular formula is C14H10BrN3O3S. The number of aldehydes is 1. The highest BCUT2D eigenvalue weighted by Crippen LogP contribution is 2.33. The second-order valence-corrected chi connectivity index (χ2v) is 5.96. The summed E-state index contributed by atoms with van der Waals surface area (Å²) in [5.41, 5.74) is 0. The summed E-state index contributed by atoms with van der Waals surface area (Å²) in [6.45, 7) is 0.288. The molecule has 0 aliphatic carbocycles. The maximum absolute atomic E-state index is 10.7. The Morgan fingerprint density at radius 2 is 2.18 bits per heavy atom. The molecule has 6 nitrogen and oxygen atoms in total. The molecule has 0 saturated heterocycles. The predicted octanol–water partition coefficient (Wildman–Crippen LogP) is 3.70. The van der Waals surface area contributed by atoms with Crippen LogP contribution in [0.3, 0.4) is 0 Å². The lowest BCUT2D eigenvalue weighted by atomic mass is 10.3. The largest absolute Gasteiger partial charge is 0.486 e. The van der Waals surface area contributed by atoms with Gasteiger partial charge in [0, 0.05) is 6.07 Å². The smallest absolute Gasteiger partial charge is 0.216 e. The van der Waals surface area contributed by atoms with Crippen molar-refractivity contribution in [1.82, 2.24) is 15.2 Å². The first-order chi connectivity index (χ1) is 10.7. The Bertz CT molecular complexity index is 773. The maximum Gasteiger partial charge on any atom is 0.216 e. The van der Waals surface area contributed by atoms with Crippen molar-refractivity contribution in [3.05, 3.63) is 52.5 Å². The summed E-state index contributed by atoms with van der Waals surface area (Å²) < 4.78 is 11.6. The molecule has 0 aliphatic rings. The molecular weight excluding hydrogens is 370 g/mol. The van der Waals surface area contributed by atoms with Gasteiger partial charge in [0.25, 0.3) is 0 Å². The van der Waals surface area contributed by atoms with Gasteiger partial charge < -0.3 is 9.15 Å². The Hall–Kier alpha value is -2.06. The topological polar surface area (TPSA) is 81.0 Å². The number of para-hydroxylation sites is 1. The van der Waals surface area contributed by atoms with Gasteiger partial charge in [-0.15, -0.1) is 5.10 Å². The summed E-state index contributed by atoms with van der Waals surface area (Å²) in [6.07, 6.45) is 0.645. The van der Waals surface area contributed by atoms with Crippen LogP contribution in [0.5, 0.6) is 5.75 Å². The quantitative estimate of drug-likeness (QED) is 0.657. The molecule has 0 aliphatic heterocycles. The normalized spacial score (nSPS) is 10.6. The van der Waals surface area contributed by atoms with E-state index in [1.807, 2.05) is 30.3 Å². The fourth-order valence-electron chi connectivity index (χ4n) is 1.64. The predicted molar refractivity (Wildman–Crippen MR) is 83.1 cm³/mol. The van der Waals surface area contributed by atoms with Crippen molar-refractivity contribution < 1.29 is 13.9 Å². The first-order valence-electron chi connectivity index (χ1n) is 6.26. The van der Waals surface area contributed by atoms with Crippen molar-refractivity contribution in [3.8, 4) is 5.75 Å². The zero-order chi connectivity index (χ0) is 15.4. The number of rotatable bonds is 6. The van der Waals surface area contributed by atoms with Gasteiger partial charge in [-0.05, 0) is 39.8 Å². The minimum Gasteiger partial charge on any atom is -0.486 e. The first kappa shape index (κ1) is 14.9. The number of aromatic nitrogens is 3. The van der Waals surface area contributed by atoms with E-state index >= 15 is 0 Å². The van der Waals surface area contributed by atoms with Gasteiger partial charge in [0.05, 0.1) is 4.47 Å². The molecule has 2 aromatic heterocycles. The number of ether oxygens (including phenoxy) is 1. The van der Waals surface area contributed by atoms with Crippen LogP contribution in [-0.2, 0) is 6.61 Å². The van der Waals surface area contributed by atoms with E-state index < -0.39 is 0 Å². The second-order valence-electron chi connectivity index (χ2n) is 4.17. The standard InChI is InChI=1S/C14H10BrN3O3S/c15-11-6-10(7-19)21-13(11)22-14-16-12(17-18-14)8-20-9-4-2-1-3-5-9/h1-7H,8H2,(H,16,17,18). The third kappa shape index (κ3) is 3.58. The zero-order valence-electron chi connectivity index (χ0n) is 11.2. The molecule has 8 heteroatoms. The molecule has 0 bridgehead atoms. The van der Waals surface area contributed by atoms with E-state index in [4.69, 9.17) is 9.15 Å². The summed E-state index contributed by atoms with van der Waals surface area (Å²) >= 11 is 4.53. The molecule has 22 heavy (non-hydrogen) atoms. The molecule has 1 aromatic carbocycles. The summed E-state index contributed by atoms with van der Waals surface area (Å²) in [5, 5.41) is 7.89. The zero-order valence-corrected chi connectivity index (χ0v) is 13.6. The van der Waals surface area contributed by atoms with Crippen molar-refractivity contribution in [2.45, 2.75) is 16.9 Å². The maximum atomic E-state index is 10.7. The number of aromatic amines is 1. The van der Waals surface area contributed by atoms with Gasteiger partial charge >= 0.3 is 0 Å². The van der Waals surface area contributed by atoms with Crippen LogP contribution in [0.1, 0.15) is 16.4 Å². The van der Waals surface area contributed by atoms with E-state index in [-0.39, 0.29) is 12.4 Å². The first-order valence-corrected chi connectivity index (χ1v) is 7.87. The van der Waals surface area contributed by atoms with Crippen molar-refractivity contribution in [1.29, 1.82) is 0 Å².